The number of rotatable bonds is 4. The molecule has 0 spiro atoms. The number of benzene rings is 1. The second-order valence-electron chi connectivity index (χ2n) is 4.55. The third-order valence-electron chi connectivity index (χ3n) is 3.28. The number of aliphatic carboxylic acids is 1. The molecule has 1 saturated heterocycles. The summed E-state index contributed by atoms with van der Waals surface area (Å²) in [6.45, 7) is 2.11. The second kappa shape index (κ2) is 5.84. The van der Waals surface area contributed by atoms with E-state index in [9.17, 15) is 14.7 Å². The Kier molecular flexibility index (Phi) is 4.16. The molecule has 2 rings (SSSR count). The third-order valence-corrected chi connectivity index (χ3v) is 3.28. The number of carboxylic acids is 1. The van der Waals surface area contributed by atoms with Crippen LogP contribution in [0.5, 0.6) is 0 Å². The largest absolute Gasteiger partial charge is 0.480 e. The van der Waals surface area contributed by atoms with Gasteiger partial charge >= 0.3 is 5.97 Å². The first-order valence-electron chi connectivity index (χ1n) is 6.31. The van der Waals surface area contributed by atoms with Crippen LogP contribution in [0.25, 0.3) is 0 Å². The smallest absolute Gasteiger partial charge is 0.329 e. The van der Waals surface area contributed by atoms with Crippen LogP contribution in [0, 0.1) is 0 Å². The summed E-state index contributed by atoms with van der Waals surface area (Å²) in [6, 6.07) is 8.46. The van der Waals surface area contributed by atoms with E-state index in [2.05, 4.69) is 0 Å². The maximum absolute atomic E-state index is 11.9. The molecule has 1 N–H and O–H groups in total. The summed E-state index contributed by atoms with van der Waals surface area (Å²) in [5.74, 6) is -1.29. The molecule has 1 amide bonds. The van der Waals surface area contributed by atoms with Gasteiger partial charge in [-0.05, 0) is 12.0 Å². The molecule has 1 heterocycles. The zero-order chi connectivity index (χ0) is 13.8. The van der Waals surface area contributed by atoms with Gasteiger partial charge in [0, 0.05) is 6.54 Å². The molecule has 19 heavy (non-hydrogen) atoms. The maximum Gasteiger partial charge on any atom is 0.329 e. The van der Waals surface area contributed by atoms with Gasteiger partial charge in [0.25, 0.3) is 0 Å². The Morgan fingerprint density at radius 2 is 2.11 bits per heavy atom. The Balaban J connectivity index is 2.22. The fraction of sp³-hybridized carbons (Fsp3) is 0.429. The van der Waals surface area contributed by atoms with E-state index in [0.29, 0.717) is 13.0 Å². The lowest BCUT2D eigenvalue weighted by atomic mass is 10.0. The first kappa shape index (κ1) is 13.5. The molecular formula is C14H17NO4. The SMILES string of the molecule is CCC1OCC(=O)N(Cc2ccccc2)[C@H]1C(=O)O. The van der Waals surface area contributed by atoms with Crippen LogP contribution in [0.3, 0.4) is 0 Å². The maximum atomic E-state index is 11.9. The van der Waals surface area contributed by atoms with Crippen LogP contribution in [0.1, 0.15) is 18.9 Å². The van der Waals surface area contributed by atoms with Gasteiger partial charge < -0.3 is 14.7 Å². The van der Waals surface area contributed by atoms with Crippen molar-refractivity contribution in [2.45, 2.75) is 32.0 Å². The number of carboxylic acid groups (broad SMARTS) is 1. The van der Waals surface area contributed by atoms with Crippen molar-refractivity contribution in [2.75, 3.05) is 6.61 Å². The van der Waals surface area contributed by atoms with Crippen molar-refractivity contribution in [1.29, 1.82) is 0 Å². The van der Waals surface area contributed by atoms with Gasteiger partial charge in [-0.25, -0.2) is 4.79 Å². The molecule has 1 aromatic rings. The Morgan fingerprint density at radius 3 is 2.68 bits per heavy atom. The summed E-state index contributed by atoms with van der Waals surface area (Å²) in [7, 11) is 0. The second-order valence-corrected chi connectivity index (χ2v) is 4.55. The van der Waals surface area contributed by atoms with Gasteiger partial charge in [0.05, 0.1) is 6.10 Å². The molecule has 1 unspecified atom stereocenters. The van der Waals surface area contributed by atoms with E-state index in [1.54, 1.807) is 0 Å². The van der Waals surface area contributed by atoms with Crippen LogP contribution in [0.15, 0.2) is 30.3 Å². The van der Waals surface area contributed by atoms with Gasteiger partial charge in [0.1, 0.15) is 6.61 Å². The van der Waals surface area contributed by atoms with Crippen molar-refractivity contribution < 1.29 is 19.4 Å². The summed E-state index contributed by atoms with van der Waals surface area (Å²) in [5.41, 5.74) is 0.916. The molecule has 0 bridgehead atoms. The number of carbonyl (C=O) groups is 2. The summed E-state index contributed by atoms with van der Waals surface area (Å²) in [5, 5.41) is 9.33. The van der Waals surface area contributed by atoms with Gasteiger partial charge in [-0.2, -0.15) is 0 Å². The quantitative estimate of drug-likeness (QED) is 0.888. The monoisotopic (exact) mass is 263 g/mol. The predicted octanol–water partition coefficient (Wildman–Crippen LogP) is 1.28. The van der Waals surface area contributed by atoms with Crippen molar-refractivity contribution in [1.82, 2.24) is 4.90 Å². The third kappa shape index (κ3) is 2.93. The lowest BCUT2D eigenvalue weighted by molar-refractivity contribution is -0.172. The highest BCUT2D eigenvalue weighted by atomic mass is 16.5. The average Bonchev–Trinajstić information content (AvgIpc) is 2.41. The van der Waals surface area contributed by atoms with Crippen molar-refractivity contribution >= 4 is 11.9 Å². The first-order chi connectivity index (χ1) is 9.13. The highest BCUT2D eigenvalue weighted by Gasteiger charge is 2.40. The predicted molar refractivity (Wildman–Crippen MR) is 68.4 cm³/mol. The van der Waals surface area contributed by atoms with Crippen LogP contribution >= 0.6 is 0 Å². The van der Waals surface area contributed by atoms with Crippen LogP contribution in [-0.4, -0.2) is 40.6 Å². The normalized spacial score (nSPS) is 23.4. The zero-order valence-electron chi connectivity index (χ0n) is 10.8. The number of amides is 1. The summed E-state index contributed by atoms with van der Waals surface area (Å²) in [6.07, 6.45) is 0.120. The van der Waals surface area contributed by atoms with Crippen molar-refractivity contribution in [3.63, 3.8) is 0 Å². The molecular weight excluding hydrogens is 246 g/mol. The lowest BCUT2D eigenvalue weighted by Gasteiger charge is -2.38. The molecule has 102 valence electrons. The Labute approximate surface area is 111 Å². The van der Waals surface area contributed by atoms with E-state index < -0.39 is 18.1 Å². The average molecular weight is 263 g/mol. The number of ether oxygens (including phenoxy) is 1. The lowest BCUT2D eigenvalue weighted by Crippen LogP contribution is -2.57. The minimum atomic E-state index is -1.02. The van der Waals surface area contributed by atoms with Crippen molar-refractivity contribution in [3.05, 3.63) is 35.9 Å². The van der Waals surface area contributed by atoms with Gasteiger partial charge in [0.15, 0.2) is 6.04 Å². The number of hydrogen-bond donors (Lipinski definition) is 1. The minimum absolute atomic E-state index is 0.0465. The Hall–Kier alpha value is -1.88. The topological polar surface area (TPSA) is 66.8 Å². The van der Waals surface area contributed by atoms with Crippen LogP contribution in [0.4, 0.5) is 0 Å². The van der Waals surface area contributed by atoms with Crippen molar-refractivity contribution in [2.24, 2.45) is 0 Å². The van der Waals surface area contributed by atoms with Crippen LogP contribution in [-0.2, 0) is 20.9 Å². The zero-order valence-corrected chi connectivity index (χ0v) is 10.8. The van der Waals surface area contributed by atoms with E-state index in [4.69, 9.17) is 4.74 Å². The van der Waals surface area contributed by atoms with Crippen molar-refractivity contribution in [3.8, 4) is 0 Å². The van der Waals surface area contributed by atoms with Gasteiger partial charge in [0.2, 0.25) is 5.91 Å². The molecule has 1 aromatic carbocycles. The van der Waals surface area contributed by atoms with E-state index in [1.807, 2.05) is 37.3 Å². The molecule has 0 aromatic heterocycles. The number of morpholine rings is 1. The summed E-state index contributed by atoms with van der Waals surface area (Å²) >= 11 is 0. The van der Waals surface area contributed by atoms with E-state index in [-0.39, 0.29) is 12.5 Å². The van der Waals surface area contributed by atoms with Crippen LogP contribution in [0.2, 0.25) is 0 Å². The highest BCUT2D eigenvalue weighted by molar-refractivity contribution is 5.86. The molecule has 1 aliphatic heterocycles. The molecule has 0 saturated carbocycles. The highest BCUT2D eigenvalue weighted by Crippen LogP contribution is 2.20. The molecule has 1 fully saturated rings. The van der Waals surface area contributed by atoms with E-state index in [1.165, 1.54) is 4.90 Å². The van der Waals surface area contributed by atoms with Gasteiger partial charge in [-0.1, -0.05) is 37.3 Å². The number of hydrogen-bond acceptors (Lipinski definition) is 3. The first-order valence-corrected chi connectivity index (χ1v) is 6.31. The van der Waals surface area contributed by atoms with Gasteiger partial charge in [-0.3, -0.25) is 4.79 Å². The number of nitrogens with zero attached hydrogens (tertiary/aromatic N) is 1. The van der Waals surface area contributed by atoms with Gasteiger partial charge in [-0.15, -0.1) is 0 Å². The summed E-state index contributed by atoms with van der Waals surface area (Å²) < 4.78 is 5.31. The molecule has 1 aliphatic rings. The molecule has 5 heteroatoms. The summed E-state index contributed by atoms with van der Waals surface area (Å²) in [4.78, 5) is 24.7. The molecule has 0 aliphatic carbocycles. The molecule has 2 atom stereocenters. The minimum Gasteiger partial charge on any atom is -0.480 e. The van der Waals surface area contributed by atoms with Crippen LogP contribution < -0.4 is 0 Å². The van der Waals surface area contributed by atoms with E-state index >= 15 is 0 Å². The molecule has 5 nitrogen and oxygen atoms in total. The number of carbonyl (C=O) groups excluding carboxylic acids is 1. The fourth-order valence-electron chi connectivity index (χ4n) is 2.31. The standard InChI is InChI=1S/C14H17NO4/c1-2-11-13(14(17)18)15(12(16)9-19-11)8-10-6-4-3-5-7-10/h3-7,11,13H,2,8-9H2,1H3,(H,17,18)/t11?,13-/m1/s1. The molecule has 0 radical (unpaired) electrons. The Bertz CT molecular complexity index is 460. The Morgan fingerprint density at radius 1 is 1.42 bits per heavy atom. The fourth-order valence-corrected chi connectivity index (χ4v) is 2.31. The van der Waals surface area contributed by atoms with E-state index in [0.717, 1.165) is 5.56 Å².